The van der Waals surface area contributed by atoms with E-state index in [2.05, 4.69) is 18.8 Å². The first-order valence-electron chi connectivity index (χ1n) is 9.14. The monoisotopic (exact) mass is 366 g/mol. The molecule has 1 saturated carbocycles. The number of hydrogen-bond donors (Lipinski definition) is 1. The molecule has 0 aromatic rings. The van der Waals surface area contributed by atoms with Crippen LogP contribution >= 0.6 is 0 Å². The summed E-state index contributed by atoms with van der Waals surface area (Å²) in [6.07, 6.45) is 0.869. The quantitative estimate of drug-likeness (QED) is 0.458. The molecule has 1 aliphatic carbocycles. The first-order chi connectivity index (χ1) is 12.1. The van der Waals surface area contributed by atoms with E-state index in [9.17, 15) is 14.4 Å². The summed E-state index contributed by atoms with van der Waals surface area (Å²) in [7, 11) is 0. The number of esters is 1. The summed E-state index contributed by atoms with van der Waals surface area (Å²) >= 11 is 0. The van der Waals surface area contributed by atoms with Gasteiger partial charge in [-0.2, -0.15) is 0 Å². The van der Waals surface area contributed by atoms with Crippen molar-refractivity contribution >= 4 is 18.0 Å². The summed E-state index contributed by atoms with van der Waals surface area (Å²) in [5.74, 6) is -0.141. The Morgan fingerprint density at radius 2 is 2.00 bits per heavy atom. The maximum Gasteiger partial charge on any atom is 0.407 e. The number of rotatable bonds is 5. The van der Waals surface area contributed by atoms with Gasteiger partial charge in [0.15, 0.2) is 0 Å². The molecule has 2 rings (SSSR count). The number of nitrogens with one attached hydrogen (secondary N) is 1. The van der Waals surface area contributed by atoms with Crippen molar-refractivity contribution in [1.82, 2.24) is 10.2 Å². The van der Waals surface area contributed by atoms with Crippen molar-refractivity contribution in [2.75, 3.05) is 13.2 Å². The number of amides is 2. The maximum atomic E-state index is 12.8. The van der Waals surface area contributed by atoms with Gasteiger partial charge in [-0.15, -0.1) is 0 Å². The normalized spacial score (nSPS) is 30.7. The van der Waals surface area contributed by atoms with Crippen LogP contribution in [0.15, 0.2) is 12.7 Å². The molecule has 1 saturated heterocycles. The number of fused-ring (bicyclic) bond motifs is 2. The third-order valence-corrected chi connectivity index (χ3v) is 5.30. The Morgan fingerprint density at radius 3 is 2.58 bits per heavy atom. The van der Waals surface area contributed by atoms with E-state index in [1.54, 1.807) is 0 Å². The minimum absolute atomic E-state index is 0.00421. The largest absolute Gasteiger partial charge is 0.461 e. The summed E-state index contributed by atoms with van der Waals surface area (Å²) in [5, 5.41) is 2.59. The van der Waals surface area contributed by atoms with Crippen molar-refractivity contribution < 1.29 is 23.9 Å². The highest BCUT2D eigenvalue weighted by atomic mass is 16.6. The van der Waals surface area contributed by atoms with Gasteiger partial charge in [-0.05, 0) is 39.0 Å². The average Bonchev–Trinajstić information content (AvgIpc) is 2.72. The van der Waals surface area contributed by atoms with Gasteiger partial charge in [0.25, 0.3) is 0 Å². The first kappa shape index (κ1) is 20.3. The Labute approximate surface area is 155 Å². The first-order valence-corrected chi connectivity index (χ1v) is 9.14. The van der Waals surface area contributed by atoms with Gasteiger partial charge in [0, 0.05) is 17.5 Å². The molecule has 1 heterocycles. The molecule has 5 unspecified atom stereocenters. The Bertz CT molecular complexity index is 583. The van der Waals surface area contributed by atoms with Crippen molar-refractivity contribution in [2.45, 2.75) is 58.7 Å². The van der Waals surface area contributed by atoms with Gasteiger partial charge in [-0.1, -0.05) is 20.4 Å². The molecule has 7 heteroatoms. The Balaban J connectivity index is 2.01. The standard InChI is InChI=1S/C19H30N2O5/c1-7-14(22)25-9-8-20-18(24)26-16-11(2)10-13-12(3)15(16)21(17(13)23)19(4,5)6/h7,11-13,15-16H,1,8-10H2,2-6H3,(H,20,24). The number of nitrogens with zero attached hydrogens (tertiary/aromatic N) is 1. The summed E-state index contributed by atoms with van der Waals surface area (Å²) in [5.41, 5.74) is -0.328. The minimum Gasteiger partial charge on any atom is -0.461 e. The Hall–Kier alpha value is -2.05. The molecule has 1 aliphatic heterocycles. The lowest BCUT2D eigenvalue weighted by Crippen LogP contribution is -2.55. The lowest BCUT2D eigenvalue weighted by Gasteiger charge is -2.43. The predicted molar refractivity (Wildman–Crippen MR) is 96.2 cm³/mol. The molecule has 0 radical (unpaired) electrons. The van der Waals surface area contributed by atoms with Gasteiger partial charge >= 0.3 is 12.1 Å². The molecule has 1 N–H and O–H groups in total. The third kappa shape index (κ3) is 4.02. The molecule has 2 fully saturated rings. The molecule has 0 aromatic carbocycles. The van der Waals surface area contributed by atoms with E-state index in [1.807, 2.05) is 32.6 Å². The lowest BCUT2D eigenvalue weighted by atomic mass is 9.73. The SMILES string of the molecule is C=CC(=O)OCCNC(=O)OC1C(C)CC2C(=O)N(C(C)(C)C)C1C2C. The van der Waals surface area contributed by atoms with Crippen molar-refractivity contribution in [1.29, 1.82) is 0 Å². The third-order valence-electron chi connectivity index (χ3n) is 5.30. The van der Waals surface area contributed by atoms with E-state index in [4.69, 9.17) is 9.47 Å². The molecule has 2 amide bonds. The van der Waals surface area contributed by atoms with E-state index in [1.165, 1.54) is 0 Å². The second-order valence-electron chi connectivity index (χ2n) is 8.22. The molecule has 146 valence electrons. The summed E-state index contributed by atoms with van der Waals surface area (Å²) in [6, 6.07) is -0.124. The predicted octanol–water partition coefficient (Wildman–Crippen LogP) is 2.11. The smallest absolute Gasteiger partial charge is 0.407 e. The molecular weight excluding hydrogens is 336 g/mol. The van der Waals surface area contributed by atoms with Crippen molar-refractivity contribution in [3.8, 4) is 0 Å². The zero-order chi connectivity index (χ0) is 19.6. The van der Waals surface area contributed by atoms with Gasteiger partial charge in [-0.3, -0.25) is 4.79 Å². The van der Waals surface area contributed by atoms with Gasteiger partial charge < -0.3 is 19.7 Å². The van der Waals surface area contributed by atoms with Crippen LogP contribution in [-0.4, -0.2) is 53.7 Å². The van der Waals surface area contributed by atoms with Crippen LogP contribution in [0.4, 0.5) is 4.79 Å². The number of carbonyl (C=O) groups excluding carboxylic acids is 3. The maximum absolute atomic E-state index is 12.8. The van der Waals surface area contributed by atoms with Gasteiger partial charge in [0.2, 0.25) is 5.91 Å². The second-order valence-corrected chi connectivity index (χ2v) is 8.22. The van der Waals surface area contributed by atoms with E-state index in [0.717, 1.165) is 12.5 Å². The van der Waals surface area contributed by atoms with Crippen molar-refractivity contribution in [3.63, 3.8) is 0 Å². The highest BCUT2D eigenvalue weighted by molar-refractivity contribution is 5.83. The zero-order valence-electron chi connectivity index (χ0n) is 16.3. The number of likely N-dealkylation sites (tertiary alicyclic amines) is 1. The highest BCUT2D eigenvalue weighted by Gasteiger charge is 2.58. The molecule has 2 aliphatic rings. The molecular formula is C19H30N2O5. The number of ether oxygens (including phenoxy) is 2. The van der Waals surface area contributed by atoms with Crippen molar-refractivity contribution in [3.05, 3.63) is 12.7 Å². The number of carbonyl (C=O) groups is 3. The van der Waals surface area contributed by atoms with Crippen LogP contribution in [0, 0.1) is 17.8 Å². The molecule has 5 atom stereocenters. The fourth-order valence-electron chi connectivity index (χ4n) is 4.15. The van der Waals surface area contributed by atoms with E-state index >= 15 is 0 Å². The van der Waals surface area contributed by atoms with E-state index in [-0.39, 0.29) is 54.5 Å². The van der Waals surface area contributed by atoms with Crippen molar-refractivity contribution in [2.24, 2.45) is 17.8 Å². The molecule has 2 bridgehead atoms. The summed E-state index contributed by atoms with van der Waals surface area (Å²) in [6.45, 7) is 13.6. The molecule has 26 heavy (non-hydrogen) atoms. The van der Waals surface area contributed by atoms with E-state index in [0.29, 0.717) is 0 Å². The molecule has 7 nitrogen and oxygen atoms in total. The number of alkyl carbamates (subject to hydrolysis) is 1. The molecule has 0 spiro atoms. The van der Waals surface area contributed by atoms with Crippen LogP contribution in [0.5, 0.6) is 0 Å². The van der Waals surface area contributed by atoms with Gasteiger partial charge in [0.1, 0.15) is 12.7 Å². The van der Waals surface area contributed by atoms with Crippen LogP contribution in [0.1, 0.15) is 41.0 Å². The second kappa shape index (κ2) is 7.68. The highest BCUT2D eigenvalue weighted by Crippen LogP contribution is 2.47. The zero-order valence-corrected chi connectivity index (χ0v) is 16.3. The van der Waals surface area contributed by atoms with Gasteiger partial charge in [-0.25, -0.2) is 9.59 Å². The summed E-state index contributed by atoms with van der Waals surface area (Å²) < 4.78 is 10.5. The average molecular weight is 366 g/mol. The van der Waals surface area contributed by atoms with Crippen LogP contribution in [0.25, 0.3) is 0 Å². The Morgan fingerprint density at radius 1 is 1.35 bits per heavy atom. The Kier molecular flexibility index (Phi) is 5.98. The summed E-state index contributed by atoms with van der Waals surface area (Å²) in [4.78, 5) is 37.9. The fourth-order valence-corrected chi connectivity index (χ4v) is 4.15. The topological polar surface area (TPSA) is 84.9 Å². The van der Waals surface area contributed by atoms with Gasteiger partial charge in [0.05, 0.1) is 12.6 Å². The number of hydrogen-bond acceptors (Lipinski definition) is 5. The van der Waals surface area contributed by atoms with Crippen LogP contribution in [-0.2, 0) is 19.1 Å². The lowest BCUT2D eigenvalue weighted by molar-refractivity contribution is -0.138. The van der Waals surface area contributed by atoms with Crippen LogP contribution < -0.4 is 5.32 Å². The fraction of sp³-hybridized carbons (Fsp3) is 0.737. The van der Waals surface area contributed by atoms with Crippen LogP contribution in [0.3, 0.4) is 0 Å². The minimum atomic E-state index is -0.560. The van der Waals surface area contributed by atoms with E-state index < -0.39 is 12.1 Å². The van der Waals surface area contributed by atoms with Crippen LogP contribution in [0.2, 0.25) is 0 Å². The molecule has 0 aromatic heterocycles.